The molecular formula is C43H41N3O7S2. The number of ether oxygens (including phenoxy) is 3. The molecule has 55 heavy (non-hydrogen) atoms. The second-order valence-electron chi connectivity index (χ2n) is 12.6. The van der Waals surface area contributed by atoms with Gasteiger partial charge in [0, 0.05) is 21.0 Å². The number of carbonyl (C=O) groups is 4. The normalized spacial score (nSPS) is 13.0. The van der Waals surface area contributed by atoms with Gasteiger partial charge in [0.05, 0.1) is 26.9 Å². The lowest BCUT2D eigenvalue weighted by molar-refractivity contribution is -0.116. The highest BCUT2D eigenvalue weighted by Gasteiger charge is 2.29. The number of benzene rings is 4. The molecule has 1 aliphatic rings. The van der Waals surface area contributed by atoms with Crippen LogP contribution in [-0.4, -0.2) is 45.0 Å². The summed E-state index contributed by atoms with van der Waals surface area (Å²) < 4.78 is 16.0. The van der Waals surface area contributed by atoms with E-state index in [0.29, 0.717) is 43.8 Å². The van der Waals surface area contributed by atoms with Crippen LogP contribution in [0.15, 0.2) is 114 Å². The van der Waals surface area contributed by atoms with Crippen molar-refractivity contribution in [2.45, 2.75) is 42.2 Å². The van der Waals surface area contributed by atoms with Crippen molar-refractivity contribution in [3.8, 4) is 11.5 Å². The Morgan fingerprint density at radius 2 is 1.49 bits per heavy atom. The summed E-state index contributed by atoms with van der Waals surface area (Å²) in [6.45, 7) is 0. The summed E-state index contributed by atoms with van der Waals surface area (Å²) in [5.41, 5.74) is 3.59. The molecule has 282 valence electrons. The zero-order valence-corrected chi connectivity index (χ0v) is 32.3. The number of amides is 3. The van der Waals surface area contributed by atoms with Gasteiger partial charge in [-0.15, -0.1) is 23.1 Å². The van der Waals surface area contributed by atoms with Crippen molar-refractivity contribution in [1.29, 1.82) is 0 Å². The molecule has 3 N–H and O–H groups in total. The first-order chi connectivity index (χ1) is 26.8. The minimum atomic E-state index is -0.703. The molecule has 1 heterocycles. The van der Waals surface area contributed by atoms with E-state index in [9.17, 15) is 19.2 Å². The molecule has 1 aliphatic carbocycles. The van der Waals surface area contributed by atoms with Gasteiger partial charge in [0.25, 0.3) is 11.8 Å². The molecule has 0 bridgehead atoms. The van der Waals surface area contributed by atoms with E-state index in [1.807, 2.05) is 36.4 Å². The summed E-state index contributed by atoms with van der Waals surface area (Å²) in [5.74, 6) is -0.794. The molecule has 1 atom stereocenters. The number of nitrogens with one attached hydrogen (secondary N) is 3. The summed E-state index contributed by atoms with van der Waals surface area (Å²) in [5, 5.41) is 8.54. The lowest BCUT2D eigenvalue weighted by Gasteiger charge is -2.18. The van der Waals surface area contributed by atoms with E-state index < -0.39 is 23.0 Å². The number of esters is 1. The van der Waals surface area contributed by atoms with E-state index in [1.54, 1.807) is 72.8 Å². The number of anilines is 2. The number of rotatable bonds is 13. The molecule has 1 unspecified atom stereocenters. The van der Waals surface area contributed by atoms with Crippen LogP contribution in [0.2, 0.25) is 0 Å². The Morgan fingerprint density at radius 3 is 2.22 bits per heavy atom. The maximum absolute atomic E-state index is 14.2. The van der Waals surface area contributed by atoms with Gasteiger partial charge in [-0.05, 0) is 90.9 Å². The van der Waals surface area contributed by atoms with Crippen molar-refractivity contribution >= 4 is 63.6 Å². The molecule has 3 amide bonds. The van der Waals surface area contributed by atoms with E-state index in [-0.39, 0.29) is 11.6 Å². The Morgan fingerprint density at radius 1 is 0.764 bits per heavy atom. The number of fused-ring (bicyclic) bond motifs is 1. The van der Waals surface area contributed by atoms with Gasteiger partial charge in [-0.3, -0.25) is 14.4 Å². The molecule has 0 saturated carbocycles. The fourth-order valence-corrected chi connectivity index (χ4v) is 8.62. The lowest BCUT2D eigenvalue weighted by Crippen LogP contribution is -2.30. The minimum absolute atomic E-state index is 0.00331. The van der Waals surface area contributed by atoms with Crippen molar-refractivity contribution in [3.05, 3.63) is 142 Å². The Bertz CT molecular complexity index is 2200. The average molecular weight is 776 g/mol. The van der Waals surface area contributed by atoms with E-state index in [4.69, 9.17) is 14.2 Å². The maximum atomic E-state index is 14.2. The second kappa shape index (κ2) is 18.5. The number of hydrogen-bond acceptors (Lipinski definition) is 9. The maximum Gasteiger partial charge on any atom is 0.341 e. The van der Waals surface area contributed by atoms with Gasteiger partial charge in [-0.1, -0.05) is 67.1 Å². The molecule has 0 radical (unpaired) electrons. The topological polar surface area (TPSA) is 132 Å². The van der Waals surface area contributed by atoms with Crippen LogP contribution < -0.4 is 25.4 Å². The zero-order valence-electron chi connectivity index (χ0n) is 30.7. The quantitative estimate of drug-likeness (QED) is 0.0469. The standard InChI is InChI=1S/C43H41N3O7S2/c1-51-34-23-22-27(25-35(34)52-2)24-33(45-39(47)29-16-9-5-10-17-29)40(48)44-30-18-13-19-31(26-30)54-38(28-14-7-4-8-15-28)41(49)46-42-37(43(50)53-3)32-20-11-6-12-21-36(32)55-42/h4-5,7-10,13-19,22-26,38H,6,11-12,20-21H2,1-3H3,(H,44,48)(H,45,47)(H,46,49)/b33-24+. The van der Waals surface area contributed by atoms with Gasteiger partial charge < -0.3 is 30.2 Å². The number of thioether (sulfide) groups is 1. The summed E-state index contributed by atoms with van der Waals surface area (Å²) in [4.78, 5) is 56.1. The highest BCUT2D eigenvalue weighted by Crippen LogP contribution is 2.41. The average Bonchev–Trinajstić information content (AvgIpc) is 3.38. The van der Waals surface area contributed by atoms with Crippen LogP contribution >= 0.6 is 23.1 Å². The number of hydrogen-bond donors (Lipinski definition) is 3. The van der Waals surface area contributed by atoms with Crippen LogP contribution in [0.5, 0.6) is 11.5 Å². The van der Waals surface area contributed by atoms with Crippen LogP contribution in [0, 0.1) is 0 Å². The van der Waals surface area contributed by atoms with Crippen LogP contribution in [-0.2, 0) is 27.2 Å². The van der Waals surface area contributed by atoms with Gasteiger partial charge in [0.1, 0.15) is 15.9 Å². The summed E-state index contributed by atoms with van der Waals surface area (Å²) in [6, 6.07) is 30.3. The Hall–Kier alpha value is -5.85. The Kier molecular flexibility index (Phi) is 13.0. The third-order valence-electron chi connectivity index (χ3n) is 8.98. The first kappa shape index (κ1) is 38.9. The molecule has 5 aromatic rings. The monoisotopic (exact) mass is 775 g/mol. The SMILES string of the molecule is COC(=O)c1c(NC(=O)C(Sc2cccc(NC(=O)/C(=C\c3ccc(OC)c(OC)c3)NC(=O)c3ccccc3)c2)c2ccccc2)sc2c1CCCCC2. The summed E-state index contributed by atoms with van der Waals surface area (Å²) >= 11 is 2.76. The molecule has 0 saturated heterocycles. The number of thiophene rings is 1. The fourth-order valence-electron chi connectivity index (χ4n) is 6.26. The van der Waals surface area contributed by atoms with Crippen LogP contribution in [0.4, 0.5) is 10.7 Å². The third kappa shape index (κ3) is 9.64. The molecule has 1 aromatic heterocycles. The van der Waals surface area contributed by atoms with Crippen molar-refractivity contribution < 1.29 is 33.4 Å². The van der Waals surface area contributed by atoms with E-state index in [1.165, 1.54) is 44.4 Å². The van der Waals surface area contributed by atoms with E-state index in [0.717, 1.165) is 48.1 Å². The van der Waals surface area contributed by atoms with Crippen LogP contribution in [0.25, 0.3) is 6.08 Å². The van der Waals surface area contributed by atoms with Gasteiger partial charge in [0.2, 0.25) is 5.91 Å². The van der Waals surface area contributed by atoms with E-state index >= 15 is 0 Å². The van der Waals surface area contributed by atoms with Gasteiger partial charge >= 0.3 is 5.97 Å². The van der Waals surface area contributed by atoms with Crippen molar-refractivity contribution in [2.75, 3.05) is 32.0 Å². The van der Waals surface area contributed by atoms with Crippen LogP contribution in [0.1, 0.15) is 66.8 Å². The van der Waals surface area contributed by atoms with Gasteiger partial charge in [-0.25, -0.2) is 4.79 Å². The smallest absolute Gasteiger partial charge is 0.341 e. The molecule has 4 aromatic carbocycles. The van der Waals surface area contributed by atoms with Gasteiger partial charge in [0.15, 0.2) is 11.5 Å². The molecule has 0 aliphatic heterocycles. The molecular weight excluding hydrogens is 735 g/mol. The Labute approximate surface area is 328 Å². The second-order valence-corrected chi connectivity index (χ2v) is 14.9. The largest absolute Gasteiger partial charge is 0.493 e. The molecule has 0 fully saturated rings. The van der Waals surface area contributed by atoms with Crippen LogP contribution in [0.3, 0.4) is 0 Å². The number of aryl methyl sites for hydroxylation is 1. The predicted octanol–water partition coefficient (Wildman–Crippen LogP) is 8.70. The number of carbonyl (C=O) groups excluding carboxylic acids is 4. The van der Waals surface area contributed by atoms with Crippen molar-refractivity contribution in [2.24, 2.45) is 0 Å². The molecule has 10 nitrogen and oxygen atoms in total. The summed E-state index contributed by atoms with van der Waals surface area (Å²) in [6.07, 6.45) is 6.28. The summed E-state index contributed by atoms with van der Waals surface area (Å²) in [7, 11) is 4.41. The van der Waals surface area contributed by atoms with Crippen molar-refractivity contribution in [3.63, 3.8) is 0 Å². The van der Waals surface area contributed by atoms with E-state index in [2.05, 4.69) is 16.0 Å². The fraction of sp³-hybridized carbons (Fsp3) is 0.209. The highest BCUT2D eigenvalue weighted by atomic mass is 32.2. The first-order valence-corrected chi connectivity index (χ1v) is 19.4. The number of methoxy groups -OCH3 is 3. The molecule has 12 heteroatoms. The predicted molar refractivity (Wildman–Crippen MR) is 217 cm³/mol. The zero-order chi connectivity index (χ0) is 38.7. The van der Waals surface area contributed by atoms with Gasteiger partial charge in [-0.2, -0.15) is 0 Å². The molecule has 0 spiro atoms. The minimum Gasteiger partial charge on any atom is -0.493 e. The lowest BCUT2D eigenvalue weighted by atomic mass is 10.1. The first-order valence-electron chi connectivity index (χ1n) is 17.7. The van der Waals surface area contributed by atoms with Crippen molar-refractivity contribution in [1.82, 2.24) is 5.32 Å². The Balaban J connectivity index is 1.26. The molecule has 6 rings (SSSR count). The highest BCUT2D eigenvalue weighted by molar-refractivity contribution is 8.00. The third-order valence-corrected chi connectivity index (χ3v) is 11.4.